The topological polar surface area (TPSA) is 17.8 Å². The summed E-state index contributed by atoms with van der Waals surface area (Å²) in [6.07, 6.45) is 0. The molecule has 27 heavy (non-hydrogen) atoms. The minimum absolute atomic E-state index is 0.637. The summed E-state index contributed by atoms with van der Waals surface area (Å²) in [5.41, 5.74) is 6.96. The van der Waals surface area contributed by atoms with Crippen molar-refractivity contribution in [3.8, 4) is 28.2 Å². The molecule has 0 aliphatic carbocycles. The molecule has 0 fully saturated rings. The second kappa shape index (κ2) is 7.22. The fraction of sp³-hybridized carbons (Fsp3) is 0.0870. The molecule has 0 radical (unpaired) electrons. The van der Waals surface area contributed by atoms with Crippen LogP contribution < -0.4 is 0 Å². The largest absolute Gasteiger partial charge is 0.231 e. The smallest absolute Gasteiger partial charge is 0.112 e. The molecule has 0 saturated heterocycles. The Kier molecular flexibility index (Phi) is 4.77. The van der Waals surface area contributed by atoms with Gasteiger partial charge in [-0.2, -0.15) is 5.10 Å². The van der Waals surface area contributed by atoms with Gasteiger partial charge in [0.25, 0.3) is 0 Å². The average molecular weight is 393 g/mol. The van der Waals surface area contributed by atoms with Crippen LogP contribution in [0.1, 0.15) is 11.1 Å². The maximum atomic E-state index is 6.85. The van der Waals surface area contributed by atoms with E-state index in [0.717, 1.165) is 28.2 Å². The van der Waals surface area contributed by atoms with Crippen molar-refractivity contribution >= 4 is 23.2 Å². The Morgan fingerprint density at radius 2 is 1.19 bits per heavy atom. The molecule has 0 N–H and O–H groups in total. The van der Waals surface area contributed by atoms with Crippen molar-refractivity contribution in [1.29, 1.82) is 0 Å². The van der Waals surface area contributed by atoms with Crippen molar-refractivity contribution < 1.29 is 0 Å². The molecule has 3 aromatic carbocycles. The van der Waals surface area contributed by atoms with Gasteiger partial charge in [0.15, 0.2) is 0 Å². The molecule has 0 aliphatic heterocycles. The van der Waals surface area contributed by atoms with E-state index in [4.69, 9.17) is 28.3 Å². The highest BCUT2D eigenvalue weighted by molar-refractivity contribution is 6.35. The summed E-state index contributed by atoms with van der Waals surface area (Å²) in [5, 5.41) is 6.17. The molecule has 1 aromatic heterocycles. The van der Waals surface area contributed by atoms with E-state index < -0.39 is 0 Å². The molecular formula is C23H18Cl2N2. The molecule has 0 aliphatic rings. The van der Waals surface area contributed by atoms with E-state index >= 15 is 0 Å². The average Bonchev–Trinajstić information content (AvgIpc) is 3.01. The zero-order chi connectivity index (χ0) is 19.0. The highest BCUT2D eigenvalue weighted by atomic mass is 35.5. The lowest BCUT2D eigenvalue weighted by molar-refractivity contribution is 0.892. The van der Waals surface area contributed by atoms with Gasteiger partial charge in [-0.1, -0.05) is 82.9 Å². The molecule has 1 heterocycles. The molecule has 0 unspecified atom stereocenters. The fourth-order valence-electron chi connectivity index (χ4n) is 3.02. The van der Waals surface area contributed by atoms with E-state index in [1.807, 2.05) is 28.9 Å². The van der Waals surface area contributed by atoms with Gasteiger partial charge in [0, 0.05) is 16.1 Å². The molecule has 4 heteroatoms. The van der Waals surface area contributed by atoms with Gasteiger partial charge in [-0.15, -0.1) is 0 Å². The molecule has 4 aromatic rings. The standard InChI is InChI=1S/C23H18Cl2N2/c1-15-3-7-17(8-4-15)22-21(25)23(18-9-5-16(2)6-10-18)27(26-22)20-13-11-19(24)12-14-20/h3-14H,1-2H3. The van der Waals surface area contributed by atoms with Crippen molar-refractivity contribution in [1.82, 2.24) is 9.78 Å². The Morgan fingerprint density at radius 3 is 1.74 bits per heavy atom. The van der Waals surface area contributed by atoms with Gasteiger partial charge in [-0.05, 0) is 38.1 Å². The van der Waals surface area contributed by atoms with Gasteiger partial charge >= 0.3 is 0 Å². The Morgan fingerprint density at radius 1 is 0.667 bits per heavy atom. The maximum absolute atomic E-state index is 6.85. The SMILES string of the molecule is Cc1ccc(-c2nn(-c3ccc(Cl)cc3)c(-c3ccc(C)cc3)c2Cl)cc1. The summed E-state index contributed by atoms with van der Waals surface area (Å²) >= 11 is 12.9. The summed E-state index contributed by atoms with van der Waals surface area (Å²) in [6.45, 7) is 4.13. The summed E-state index contributed by atoms with van der Waals surface area (Å²) in [7, 11) is 0. The third-order valence-electron chi connectivity index (χ3n) is 4.55. The van der Waals surface area contributed by atoms with Crippen LogP contribution in [0.5, 0.6) is 0 Å². The quantitative estimate of drug-likeness (QED) is 0.362. The highest BCUT2D eigenvalue weighted by Crippen LogP contribution is 2.38. The predicted molar refractivity (Wildman–Crippen MR) is 114 cm³/mol. The lowest BCUT2D eigenvalue weighted by Gasteiger charge is -2.08. The number of aryl methyl sites for hydroxylation is 2. The molecule has 0 bridgehead atoms. The number of benzene rings is 3. The Labute approximate surface area is 169 Å². The van der Waals surface area contributed by atoms with Crippen LogP contribution in [-0.4, -0.2) is 9.78 Å². The van der Waals surface area contributed by atoms with Crippen LogP contribution in [0.15, 0.2) is 72.8 Å². The lowest BCUT2D eigenvalue weighted by Crippen LogP contribution is -1.99. The number of halogens is 2. The lowest BCUT2D eigenvalue weighted by atomic mass is 10.1. The minimum Gasteiger partial charge on any atom is -0.231 e. The van der Waals surface area contributed by atoms with Gasteiger partial charge in [0.1, 0.15) is 5.69 Å². The first-order valence-electron chi connectivity index (χ1n) is 8.71. The number of nitrogens with zero attached hydrogens (tertiary/aromatic N) is 2. The van der Waals surface area contributed by atoms with Crippen molar-refractivity contribution in [3.63, 3.8) is 0 Å². The molecule has 0 spiro atoms. The molecule has 0 amide bonds. The zero-order valence-corrected chi connectivity index (χ0v) is 16.6. The molecular weight excluding hydrogens is 375 g/mol. The van der Waals surface area contributed by atoms with Crippen LogP contribution in [0, 0.1) is 13.8 Å². The summed E-state index contributed by atoms with van der Waals surface area (Å²) < 4.78 is 1.89. The number of aromatic nitrogens is 2. The predicted octanol–water partition coefficient (Wildman–Crippen LogP) is 7.13. The molecule has 4 rings (SSSR count). The van der Waals surface area contributed by atoms with Crippen molar-refractivity contribution in [3.05, 3.63) is 94.0 Å². The first-order chi connectivity index (χ1) is 13.0. The Bertz CT molecular complexity index is 1080. The Hall–Kier alpha value is -2.55. The first-order valence-corrected chi connectivity index (χ1v) is 9.47. The molecule has 2 nitrogen and oxygen atoms in total. The molecule has 0 atom stereocenters. The third-order valence-corrected chi connectivity index (χ3v) is 5.16. The minimum atomic E-state index is 0.637. The van der Waals surface area contributed by atoms with Crippen LogP contribution in [-0.2, 0) is 0 Å². The van der Waals surface area contributed by atoms with E-state index in [-0.39, 0.29) is 0 Å². The van der Waals surface area contributed by atoms with Crippen molar-refractivity contribution in [2.75, 3.05) is 0 Å². The second-order valence-corrected chi connectivity index (χ2v) is 7.45. The van der Waals surface area contributed by atoms with E-state index in [1.165, 1.54) is 11.1 Å². The van der Waals surface area contributed by atoms with Crippen LogP contribution >= 0.6 is 23.2 Å². The van der Waals surface area contributed by atoms with Crippen molar-refractivity contribution in [2.45, 2.75) is 13.8 Å². The number of rotatable bonds is 3. The van der Waals surface area contributed by atoms with Gasteiger partial charge in [0.2, 0.25) is 0 Å². The van der Waals surface area contributed by atoms with Crippen LogP contribution in [0.3, 0.4) is 0 Å². The highest BCUT2D eigenvalue weighted by Gasteiger charge is 2.20. The Balaban J connectivity index is 1.95. The molecule has 134 valence electrons. The summed E-state index contributed by atoms with van der Waals surface area (Å²) in [5.74, 6) is 0. The van der Waals surface area contributed by atoms with Crippen molar-refractivity contribution in [2.24, 2.45) is 0 Å². The van der Waals surface area contributed by atoms with Crippen LogP contribution in [0.4, 0.5) is 0 Å². The molecule has 0 saturated carbocycles. The number of hydrogen-bond donors (Lipinski definition) is 0. The monoisotopic (exact) mass is 392 g/mol. The van der Waals surface area contributed by atoms with Gasteiger partial charge in [-0.25, -0.2) is 4.68 Å². The van der Waals surface area contributed by atoms with Crippen LogP contribution in [0.25, 0.3) is 28.2 Å². The first kappa shape index (κ1) is 17.8. The van der Waals surface area contributed by atoms with E-state index in [1.54, 1.807) is 0 Å². The van der Waals surface area contributed by atoms with E-state index in [0.29, 0.717) is 10.0 Å². The fourth-order valence-corrected chi connectivity index (χ4v) is 3.49. The second-order valence-electron chi connectivity index (χ2n) is 6.63. The van der Waals surface area contributed by atoms with Gasteiger partial charge in [0.05, 0.1) is 16.4 Å². The maximum Gasteiger partial charge on any atom is 0.112 e. The normalized spacial score (nSPS) is 11.0. The van der Waals surface area contributed by atoms with Gasteiger partial charge < -0.3 is 0 Å². The van der Waals surface area contributed by atoms with Gasteiger partial charge in [-0.3, -0.25) is 0 Å². The zero-order valence-electron chi connectivity index (χ0n) is 15.1. The van der Waals surface area contributed by atoms with E-state index in [9.17, 15) is 0 Å². The number of hydrogen-bond acceptors (Lipinski definition) is 1. The third kappa shape index (κ3) is 3.51. The summed E-state index contributed by atoms with van der Waals surface area (Å²) in [4.78, 5) is 0. The van der Waals surface area contributed by atoms with Crippen LogP contribution in [0.2, 0.25) is 10.0 Å². The van der Waals surface area contributed by atoms with E-state index in [2.05, 4.69) is 62.4 Å². The summed E-state index contributed by atoms with van der Waals surface area (Å²) in [6, 6.07) is 24.2.